The molecule has 1 aliphatic rings. The summed E-state index contributed by atoms with van der Waals surface area (Å²) in [4.78, 5) is 0. The normalized spacial score (nSPS) is 22.3. The number of hydrogen-bond acceptors (Lipinski definition) is 4. The molecule has 4 heteroatoms. The molecule has 0 spiro atoms. The molecule has 2 unspecified atom stereocenters. The molecule has 3 atom stereocenters. The second-order valence-electron chi connectivity index (χ2n) is 6.37. The predicted octanol–water partition coefficient (Wildman–Crippen LogP) is 3.13. The highest BCUT2D eigenvalue weighted by Gasteiger charge is 2.47. The van der Waals surface area contributed by atoms with Crippen LogP contribution in [0, 0.1) is 5.92 Å². The molecule has 2 rings (SSSR count). The highest BCUT2D eigenvalue weighted by molar-refractivity contribution is 5.33. The van der Waals surface area contributed by atoms with Crippen LogP contribution in [0.5, 0.6) is 5.75 Å². The van der Waals surface area contributed by atoms with Crippen LogP contribution in [-0.2, 0) is 11.2 Å². The summed E-state index contributed by atoms with van der Waals surface area (Å²) in [5.74, 6) is -0.511. The van der Waals surface area contributed by atoms with Gasteiger partial charge < -0.3 is 19.9 Å². The summed E-state index contributed by atoms with van der Waals surface area (Å²) in [6.45, 7) is 5.97. The molecule has 4 nitrogen and oxygen atoms in total. The molecule has 0 amide bonds. The second kappa shape index (κ2) is 8.67. The third-order valence-electron chi connectivity index (χ3n) is 4.81. The Bertz CT molecular complexity index is 467. The van der Waals surface area contributed by atoms with Crippen LogP contribution >= 0.6 is 0 Å². The molecule has 0 radical (unpaired) electrons. The first kappa shape index (κ1) is 18.2. The number of hydrogen-bond donors (Lipinski definition) is 2. The maximum Gasteiger partial charge on any atom is 0.238 e. The van der Waals surface area contributed by atoms with Gasteiger partial charge in [-0.15, -0.1) is 0 Å². The molecule has 1 saturated heterocycles. The van der Waals surface area contributed by atoms with Gasteiger partial charge in [-0.2, -0.15) is 0 Å². The lowest BCUT2D eigenvalue weighted by molar-refractivity contribution is -0.249. The van der Waals surface area contributed by atoms with Gasteiger partial charge in [0.1, 0.15) is 11.9 Å². The number of piperidine rings is 1. The zero-order chi connectivity index (χ0) is 16.7. The van der Waals surface area contributed by atoms with Gasteiger partial charge in [-0.1, -0.05) is 38.5 Å². The second-order valence-corrected chi connectivity index (χ2v) is 6.37. The number of aliphatic hydroxyl groups is 1. The Morgan fingerprint density at radius 3 is 2.74 bits per heavy atom. The van der Waals surface area contributed by atoms with Crippen LogP contribution in [0.25, 0.3) is 0 Å². The van der Waals surface area contributed by atoms with Gasteiger partial charge in [0.25, 0.3) is 0 Å². The molecule has 1 aromatic rings. The third kappa shape index (κ3) is 4.25. The van der Waals surface area contributed by atoms with Crippen LogP contribution in [-0.4, -0.2) is 37.2 Å². The van der Waals surface area contributed by atoms with Crippen molar-refractivity contribution in [3.8, 4) is 5.75 Å². The minimum Gasteiger partial charge on any atom is -0.459 e. The van der Waals surface area contributed by atoms with Crippen molar-refractivity contribution in [1.82, 2.24) is 5.32 Å². The van der Waals surface area contributed by atoms with Gasteiger partial charge in [0.05, 0.1) is 0 Å². The molecule has 23 heavy (non-hydrogen) atoms. The van der Waals surface area contributed by atoms with E-state index in [4.69, 9.17) is 9.47 Å². The van der Waals surface area contributed by atoms with Crippen LogP contribution in [0.4, 0.5) is 0 Å². The smallest absolute Gasteiger partial charge is 0.238 e. The molecule has 1 aliphatic heterocycles. The molecule has 0 aliphatic carbocycles. The average Bonchev–Trinajstić information content (AvgIpc) is 2.60. The SMILES string of the molecule is CCCC(OC)C(O)(Oc1ccccc1CC)[C@@H]1CCCNC1. The molecule has 0 aromatic heterocycles. The largest absolute Gasteiger partial charge is 0.459 e. The van der Waals surface area contributed by atoms with Crippen molar-refractivity contribution < 1.29 is 14.6 Å². The van der Waals surface area contributed by atoms with Crippen molar-refractivity contribution >= 4 is 0 Å². The van der Waals surface area contributed by atoms with Gasteiger partial charge in [0, 0.05) is 19.6 Å². The van der Waals surface area contributed by atoms with Crippen LogP contribution in [0.1, 0.15) is 45.1 Å². The Kier molecular flexibility index (Phi) is 6.88. The summed E-state index contributed by atoms with van der Waals surface area (Å²) in [7, 11) is 1.66. The number of nitrogens with one attached hydrogen (secondary N) is 1. The van der Waals surface area contributed by atoms with Gasteiger partial charge in [0.15, 0.2) is 0 Å². The zero-order valence-corrected chi connectivity index (χ0v) is 14.7. The zero-order valence-electron chi connectivity index (χ0n) is 14.7. The summed E-state index contributed by atoms with van der Waals surface area (Å²) in [6, 6.07) is 7.96. The fraction of sp³-hybridized carbons (Fsp3) is 0.684. The minimum absolute atomic E-state index is 0.0256. The van der Waals surface area contributed by atoms with E-state index in [2.05, 4.69) is 25.2 Å². The molecule has 0 bridgehead atoms. The van der Waals surface area contributed by atoms with Crippen molar-refractivity contribution in [3.05, 3.63) is 29.8 Å². The van der Waals surface area contributed by atoms with Gasteiger partial charge in [-0.25, -0.2) is 0 Å². The average molecular weight is 321 g/mol. The van der Waals surface area contributed by atoms with Crippen LogP contribution in [0.3, 0.4) is 0 Å². The fourth-order valence-electron chi connectivity index (χ4n) is 3.44. The Morgan fingerprint density at radius 1 is 1.35 bits per heavy atom. The van der Waals surface area contributed by atoms with Crippen LogP contribution in [0.15, 0.2) is 24.3 Å². The molecular weight excluding hydrogens is 290 g/mol. The molecule has 1 heterocycles. The van der Waals surface area contributed by atoms with Crippen molar-refractivity contribution in [2.24, 2.45) is 5.92 Å². The lowest BCUT2D eigenvalue weighted by Gasteiger charge is -2.43. The number of aryl methyl sites for hydroxylation is 1. The van der Waals surface area contributed by atoms with E-state index >= 15 is 0 Å². The third-order valence-corrected chi connectivity index (χ3v) is 4.81. The lowest BCUT2D eigenvalue weighted by Crippen LogP contribution is -2.58. The van der Waals surface area contributed by atoms with Crippen molar-refractivity contribution in [2.45, 2.75) is 57.8 Å². The summed E-state index contributed by atoms with van der Waals surface area (Å²) in [5.41, 5.74) is 1.11. The number of methoxy groups -OCH3 is 1. The van der Waals surface area contributed by atoms with E-state index in [0.717, 1.165) is 56.5 Å². The highest BCUT2D eigenvalue weighted by Crippen LogP contribution is 2.35. The number of ether oxygens (including phenoxy) is 2. The molecular formula is C19H31NO3. The van der Waals surface area contributed by atoms with E-state index in [9.17, 15) is 5.11 Å². The quantitative estimate of drug-likeness (QED) is 0.722. The summed E-state index contributed by atoms with van der Waals surface area (Å²) in [5, 5.41) is 14.9. The number of para-hydroxylation sites is 1. The molecule has 2 N–H and O–H groups in total. The van der Waals surface area contributed by atoms with E-state index in [1.165, 1.54) is 0 Å². The molecule has 130 valence electrons. The van der Waals surface area contributed by atoms with Gasteiger partial charge in [0.2, 0.25) is 5.79 Å². The van der Waals surface area contributed by atoms with Crippen molar-refractivity contribution in [1.29, 1.82) is 0 Å². The van der Waals surface area contributed by atoms with Crippen molar-refractivity contribution in [3.63, 3.8) is 0 Å². The van der Waals surface area contributed by atoms with Crippen LogP contribution in [0.2, 0.25) is 0 Å². The maximum atomic E-state index is 11.5. The van der Waals surface area contributed by atoms with E-state index in [-0.39, 0.29) is 12.0 Å². The summed E-state index contributed by atoms with van der Waals surface area (Å²) < 4.78 is 11.9. The first-order chi connectivity index (χ1) is 11.2. The Balaban J connectivity index is 2.31. The molecule has 1 aromatic carbocycles. The predicted molar refractivity (Wildman–Crippen MR) is 92.7 cm³/mol. The van der Waals surface area contributed by atoms with E-state index in [0.29, 0.717) is 0 Å². The van der Waals surface area contributed by atoms with Crippen molar-refractivity contribution in [2.75, 3.05) is 20.2 Å². The minimum atomic E-state index is -1.30. The van der Waals surface area contributed by atoms with Gasteiger partial charge in [-0.05, 0) is 43.9 Å². The maximum absolute atomic E-state index is 11.5. The lowest BCUT2D eigenvalue weighted by atomic mass is 9.85. The Labute approximate surface area is 140 Å². The van der Waals surface area contributed by atoms with Crippen LogP contribution < -0.4 is 10.1 Å². The Morgan fingerprint density at radius 2 is 2.13 bits per heavy atom. The molecule has 0 saturated carbocycles. The first-order valence-electron chi connectivity index (χ1n) is 8.88. The van der Waals surface area contributed by atoms with E-state index in [1.807, 2.05) is 18.2 Å². The highest BCUT2D eigenvalue weighted by atomic mass is 16.7. The number of rotatable bonds is 8. The van der Waals surface area contributed by atoms with Gasteiger partial charge >= 0.3 is 0 Å². The van der Waals surface area contributed by atoms with Gasteiger partial charge in [-0.3, -0.25) is 0 Å². The summed E-state index contributed by atoms with van der Waals surface area (Å²) in [6.07, 6.45) is 4.26. The Hall–Kier alpha value is -1.10. The van der Waals surface area contributed by atoms with E-state index in [1.54, 1.807) is 7.11 Å². The first-order valence-corrected chi connectivity index (χ1v) is 8.88. The fourth-order valence-corrected chi connectivity index (χ4v) is 3.44. The summed E-state index contributed by atoms with van der Waals surface area (Å²) >= 11 is 0. The monoisotopic (exact) mass is 321 g/mol. The standard InChI is InChI=1S/C19H31NO3/c1-4-9-18(22-3)19(21,16-11-8-13-20-14-16)23-17-12-7-6-10-15(17)5-2/h6-7,10,12,16,18,20-21H,4-5,8-9,11,13-14H2,1-3H3/t16-,18?,19?/m1/s1. The topological polar surface area (TPSA) is 50.7 Å². The molecule has 1 fully saturated rings. The number of benzene rings is 1. The van der Waals surface area contributed by atoms with E-state index < -0.39 is 5.79 Å².